The summed E-state index contributed by atoms with van der Waals surface area (Å²) >= 11 is 1.34. The van der Waals surface area contributed by atoms with E-state index in [9.17, 15) is 9.90 Å². The second-order valence-electron chi connectivity index (χ2n) is 7.09. The van der Waals surface area contributed by atoms with Crippen molar-refractivity contribution >= 4 is 28.4 Å². The van der Waals surface area contributed by atoms with Crippen molar-refractivity contribution in [2.75, 3.05) is 12.4 Å². The Bertz CT molecular complexity index is 1350. The number of aromatic nitrogens is 4. The van der Waals surface area contributed by atoms with Crippen LogP contribution in [0.2, 0.25) is 0 Å². The predicted molar refractivity (Wildman–Crippen MR) is 123 cm³/mol. The molecule has 0 bridgehead atoms. The van der Waals surface area contributed by atoms with Crippen LogP contribution in [-0.2, 0) is 13.0 Å². The van der Waals surface area contributed by atoms with Gasteiger partial charge in [-0.25, -0.2) is 0 Å². The molecule has 1 N–H and O–H groups in total. The van der Waals surface area contributed by atoms with Crippen LogP contribution in [0.1, 0.15) is 5.56 Å². The Balaban J connectivity index is 1.50. The quantitative estimate of drug-likeness (QED) is 0.311. The number of fused-ring (bicyclic) bond motifs is 3. The molecule has 0 radical (unpaired) electrons. The molecule has 0 aliphatic rings. The number of nitrogens with zero attached hydrogens (tertiary/aromatic N) is 5. The molecule has 32 heavy (non-hydrogen) atoms. The molecule has 0 saturated carbocycles. The van der Waals surface area contributed by atoms with Gasteiger partial charge >= 0.3 is 0 Å². The zero-order valence-electron chi connectivity index (χ0n) is 17.2. The van der Waals surface area contributed by atoms with Gasteiger partial charge in [0.15, 0.2) is 5.16 Å². The maximum atomic E-state index is 12.8. The maximum Gasteiger partial charge on any atom is 0.263 e. The Morgan fingerprint density at radius 2 is 2.00 bits per heavy atom. The number of allylic oxidation sites excluding steroid dienone is 1. The van der Waals surface area contributed by atoms with Gasteiger partial charge in [0, 0.05) is 12.3 Å². The number of hydrogen-bond donors (Lipinski definition) is 1. The van der Waals surface area contributed by atoms with Gasteiger partial charge in [0.25, 0.3) is 5.56 Å². The van der Waals surface area contributed by atoms with Crippen molar-refractivity contribution in [3.8, 4) is 11.8 Å². The highest BCUT2D eigenvalue weighted by atomic mass is 32.2. The molecule has 0 saturated heterocycles. The van der Waals surface area contributed by atoms with E-state index in [2.05, 4.69) is 22.8 Å². The van der Waals surface area contributed by atoms with Crippen molar-refractivity contribution in [2.24, 2.45) is 0 Å². The Morgan fingerprint density at radius 3 is 2.75 bits per heavy atom. The average Bonchev–Trinajstić information content (AvgIpc) is 3.24. The molecule has 162 valence electrons. The summed E-state index contributed by atoms with van der Waals surface area (Å²) in [5.74, 6) is 1.39. The summed E-state index contributed by atoms with van der Waals surface area (Å²) in [6.07, 6.45) is 1.25. The second kappa shape index (κ2) is 9.68. The molecular formula is C23H21N5O3S. The SMILES string of the molecule is C=CCn1c(=O)c2ccccc2n2c(SCC(O)COc3ccc(CC#N)cc3)nnc12. The zero-order valence-corrected chi connectivity index (χ0v) is 18.0. The van der Waals surface area contributed by atoms with E-state index < -0.39 is 6.10 Å². The molecular weight excluding hydrogens is 426 g/mol. The van der Waals surface area contributed by atoms with Gasteiger partial charge in [-0.15, -0.1) is 16.8 Å². The smallest absolute Gasteiger partial charge is 0.263 e. The van der Waals surface area contributed by atoms with E-state index in [1.165, 1.54) is 16.3 Å². The molecule has 0 fully saturated rings. The number of benzene rings is 2. The van der Waals surface area contributed by atoms with Crippen molar-refractivity contribution < 1.29 is 9.84 Å². The van der Waals surface area contributed by atoms with Crippen LogP contribution in [-0.4, -0.2) is 42.7 Å². The number of rotatable bonds is 9. The highest BCUT2D eigenvalue weighted by molar-refractivity contribution is 7.99. The number of aliphatic hydroxyl groups excluding tert-OH is 1. The third kappa shape index (κ3) is 4.37. The Kier molecular flexibility index (Phi) is 6.54. The molecule has 1 unspecified atom stereocenters. The van der Waals surface area contributed by atoms with E-state index >= 15 is 0 Å². The first kappa shape index (κ1) is 21.6. The van der Waals surface area contributed by atoms with Gasteiger partial charge in [-0.1, -0.05) is 42.1 Å². The summed E-state index contributed by atoms with van der Waals surface area (Å²) in [7, 11) is 0. The van der Waals surface area contributed by atoms with Crippen LogP contribution < -0.4 is 10.3 Å². The van der Waals surface area contributed by atoms with Crippen LogP contribution >= 0.6 is 11.8 Å². The zero-order chi connectivity index (χ0) is 22.5. The number of para-hydroxylation sites is 1. The number of nitriles is 1. The minimum atomic E-state index is -0.739. The summed E-state index contributed by atoms with van der Waals surface area (Å²) in [6.45, 7) is 4.16. The van der Waals surface area contributed by atoms with Crippen LogP contribution in [0.15, 0.2) is 71.1 Å². The molecule has 8 nitrogen and oxygen atoms in total. The van der Waals surface area contributed by atoms with Gasteiger partial charge in [0.2, 0.25) is 5.78 Å². The standard InChI is InChI=1S/C23H21N5O3S/c1-2-13-27-21(30)19-5-3-4-6-20(19)28-22(27)25-26-23(28)32-15-17(29)14-31-18-9-7-16(8-10-18)11-12-24/h2-10,17,29H,1,11,13-15H2. The average molecular weight is 448 g/mol. The maximum absolute atomic E-state index is 12.8. The largest absolute Gasteiger partial charge is 0.491 e. The summed E-state index contributed by atoms with van der Waals surface area (Å²) < 4.78 is 9.01. The Labute approximate surface area is 188 Å². The van der Waals surface area contributed by atoms with Crippen molar-refractivity contribution in [1.29, 1.82) is 5.26 Å². The lowest BCUT2D eigenvalue weighted by Gasteiger charge is -2.13. The van der Waals surface area contributed by atoms with Gasteiger partial charge in [0.1, 0.15) is 12.4 Å². The molecule has 1 atom stereocenters. The van der Waals surface area contributed by atoms with Gasteiger partial charge in [0.05, 0.1) is 29.5 Å². The molecule has 4 aromatic rings. The first-order chi connectivity index (χ1) is 15.6. The lowest BCUT2D eigenvalue weighted by Crippen LogP contribution is -2.23. The fourth-order valence-corrected chi connectivity index (χ4v) is 4.17. The lowest BCUT2D eigenvalue weighted by molar-refractivity contribution is 0.126. The number of hydrogen-bond acceptors (Lipinski definition) is 7. The monoisotopic (exact) mass is 447 g/mol. The highest BCUT2D eigenvalue weighted by Crippen LogP contribution is 2.22. The topological polar surface area (TPSA) is 105 Å². The third-order valence-electron chi connectivity index (χ3n) is 4.84. The summed E-state index contributed by atoms with van der Waals surface area (Å²) in [6, 6.07) is 16.6. The lowest BCUT2D eigenvalue weighted by atomic mass is 10.2. The van der Waals surface area contributed by atoms with Crippen molar-refractivity contribution in [1.82, 2.24) is 19.2 Å². The first-order valence-corrected chi connectivity index (χ1v) is 11.0. The molecule has 9 heteroatoms. The first-order valence-electron chi connectivity index (χ1n) is 9.99. The van der Waals surface area contributed by atoms with Crippen LogP contribution in [0.25, 0.3) is 16.7 Å². The van der Waals surface area contributed by atoms with Gasteiger partial charge in [-0.2, -0.15) is 5.26 Å². The summed E-state index contributed by atoms with van der Waals surface area (Å²) in [5, 5.41) is 28.7. The fourth-order valence-electron chi connectivity index (χ4n) is 3.33. The molecule has 0 aliphatic carbocycles. The molecule has 0 amide bonds. The number of thioether (sulfide) groups is 1. The molecule has 2 heterocycles. The van der Waals surface area contributed by atoms with Gasteiger partial charge in [-0.05, 0) is 29.8 Å². The van der Waals surface area contributed by atoms with Crippen LogP contribution in [0.5, 0.6) is 5.75 Å². The highest BCUT2D eigenvalue weighted by Gasteiger charge is 2.17. The van der Waals surface area contributed by atoms with Crippen molar-refractivity contribution in [2.45, 2.75) is 24.2 Å². The van der Waals surface area contributed by atoms with Gasteiger partial charge < -0.3 is 9.84 Å². The van der Waals surface area contributed by atoms with E-state index in [1.807, 2.05) is 34.7 Å². The van der Waals surface area contributed by atoms with Crippen LogP contribution in [0, 0.1) is 11.3 Å². The Morgan fingerprint density at radius 1 is 1.22 bits per heavy atom. The van der Waals surface area contributed by atoms with E-state index in [0.29, 0.717) is 46.3 Å². The molecule has 2 aromatic carbocycles. The number of aliphatic hydroxyl groups is 1. The van der Waals surface area contributed by atoms with E-state index in [4.69, 9.17) is 10.00 Å². The summed E-state index contributed by atoms with van der Waals surface area (Å²) in [5.41, 5.74) is 1.48. The minimum Gasteiger partial charge on any atom is -0.491 e. The van der Waals surface area contributed by atoms with E-state index in [0.717, 1.165) is 5.56 Å². The Hall–Kier alpha value is -3.61. The normalized spacial score (nSPS) is 12.0. The third-order valence-corrected chi connectivity index (χ3v) is 5.92. The van der Waals surface area contributed by atoms with E-state index in [1.54, 1.807) is 24.3 Å². The van der Waals surface area contributed by atoms with Crippen molar-refractivity contribution in [3.63, 3.8) is 0 Å². The summed E-state index contributed by atoms with van der Waals surface area (Å²) in [4.78, 5) is 12.8. The number of ether oxygens (including phenoxy) is 1. The predicted octanol–water partition coefficient (Wildman–Crippen LogP) is 2.83. The molecule has 4 rings (SSSR count). The molecule has 0 spiro atoms. The second-order valence-corrected chi connectivity index (χ2v) is 8.08. The van der Waals surface area contributed by atoms with Gasteiger partial charge in [-0.3, -0.25) is 13.8 Å². The van der Waals surface area contributed by atoms with E-state index in [-0.39, 0.29) is 12.2 Å². The van der Waals surface area contributed by atoms with Crippen molar-refractivity contribution in [3.05, 3.63) is 77.1 Å². The molecule has 0 aliphatic heterocycles. The fraction of sp³-hybridized carbons (Fsp3) is 0.217. The van der Waals surface area contributed by atoms with Crippen LogP contribution in [0.3, 0.4) is 0 Å². The van der Waals surface area contributed by atoms with Crippen LogP contribution in [0.4, 0.5) is 0 Å². The molecule has 2 aromatic heterocycles. The minimum absolute atomic E-state index is 0.114.